The fourth-order valence-corrected chi connectivity index (χ4v) is 1.71. The summed E-state index contributed by atoms with van der Waals surface area (Å²) in [6.45, 7) is 3.76. The van der Waals surface area contributed by atoms with Crippen LogP contribution in [0.3, 0.4) is 0 Å². The molecule has 0 unspecified atom stereocenters. The lowest BCUT2D eigenvalue weighted by Crippen LogP contribution is -2.23. The molecule has 0 amide bonds. The van der Waals surface area contributed by atoms with Crippen molar-refractivity contribution >= 4 is 22.9 Å². The minimum absolute atomic E-state index is 0.154. The third-order valence-electron chi connectivity index (χ3n) is 1.50. The molecule has 1 aliphatic rings. The van der Waals surface area contributed by atoms with Crippen molar-refractivity contribution in [3.8, 4) is 0 Å². The highest BCUT2D eigenvalue weighted by Crippen LogP contribution is 2.08. The highest BCUT2D eigenvalue weighted by atomic mass is 32.2. The highest BCUT2D eigenvalue weighted by molar-refractivity contribution is 8.14. The van der Waals surface area contributed by atoms with Gasteiger partial charge in [0.05, 0.1) is 19.6 Å². The third-order valence-corrected chi connectivity index (χ3v) is 2.43. The van der Waals surface area contributed by atoms with Crippen LogP contribution in [0, 0.1) is 0 Å². The Balaban J connectivity index is 2.03. The number of carbonyl (C=O) groups excluding carboxylic acids is 1. The van der Waals surface area contributed by atoms with Gasteiger partial charge in [-0.2, -0.15) is 0 Å². The van der Waals surface area contributed by atoms with Gasteiger partial charge in [-0.3, -0.25) is 9.79 Å². The molecule has 0 bridgehead atoms. The highest BCUT2D eigenvalue weighted by Gasteiger charge is 2.07. The Morgan fingerprint density at radius 1 is 1.77 bits per heavy atom. The number of aliphatic imine (C=N–C) groups is 1. The number of rotatable bonds is 4. The van der Waals surface area contributed by atoms with E-state index < -0.39 is 0 Å². The summed E-state index contributed by atoms with van der Waals surface area (Å²) >= 11 is 1.69. The number of ether oxygens (including phenoxy) is 1. The van der Waals surface area contributed by atoms with Crippen molar-refractivity contribution in [1.82, 2.24) is 5.32 Å². The maximum absolute atomic E-state index is 10.9. The van der Waals surface area contributed by atoms with Gasteiger partial charge in [-0.1, -0.05) is 11.8 Å². The van der Waals surface area contributed by atoms with Crippen LogP contribution in [-0.4, -0.2) is 36.6 Å². The smallest absolute Gasteiger partial charge is 0.307 e. The molecule has 0 atom stereocenters. The Bertz CT molecular complexity index is 206. The van der Waals surface area contributed by atoms with E-state index in [-0.39, 0.29) is 5.97 Å². The van der Waals surface area contributed by atoms with E-state index in [2.05, 4.69) is 10.3 Å². The molecule has 4 nitrogen and oxygen atoms in total. The van der Waals surface area contributed by atoms with Crippen molar-refractivity contribution in [2.45, 2.75) is 13.3 Å². The van der Waals surface area contributed by atoms with Gasteiger partial charge < -0.3 is 10.1 Å². The summed E-state index contributed by atoms with van der Waals surface area (Å²) in [5, 5.41) is 4.03. The van der Waals surface area contributed by atoms with E-state index in [9.17, 15) is 4.79 Å². The monoisotopic (exact) mass is 202 g/mol. The van der Waals surface area contributed by atoms with Crippen molar-refractivity contribution in [3.63, 3.8) is 0 Å². The second kappa shape index (κ2) is 5.85. The summed E-state index contributed by atoms with van der Waals surface area (Å²) in [5.74, 6) is 0.889. The molecule has 1 N–H and O–H groups in total. The molecule has 0 saturated carbocycles. The Labute approximate surface area is 82.1 Å². The zero-order valence-electron chi connectivity index (χ0n) is 7.71. The van der Waals surface area contributed by atoms with Crippen LogP contribution in [-0.2, 0) is 9.53 Å². The minimum Gasteiger partial charge on any atom is -0.466 e. The summed E-state index contributed by atoms with van der Waals surface area (Å²) in [5.41, 5.74) is 0. The van der Waals surface area contributed by atoms with Crippen LogP contribution in [0.1, 0.15) is 13.3 Å². The summed E-state index contributed by atoms with van der Waals surface area (Å²) < 4.78 is 4.78. The average molecular weight is 202 g/mol. The molecule has 1 rings (SSSR count). The number of esters is 1. The lowest BCUT2D eigenvalue weighted by atomic mass is 10.4. The molecular weight excluding hydrogens is 188 g/mol. The first kappa shape index (κ1) is 10.4. The standard InChI is InChI=1S/C8H14N2O2S/c1-2-12-7(11)3-4-9-8-10-5-6-13-8/h2-6H2,1H3,(H,9,10). The van der Waals surface area contributed by atoms with Crippen molar-refractivity contribution < 1.29 is 9.53 Å². The molecule has 1 aliphatic heterocycles. The van der Waals surface area contributed by atoms with Crippen LogP contribution >= 0.6 is 11.8 Å². The number of thioether (sulfide) groups is 1. The van der Waals surface area contributed by atoms with Crippen LogP contribution in [0.4, 0.5) is 0 Å². The lowest BCUT2D eigenvalue weighted by Gasteiger charge is -2.04. The number of amidine groups is 1. The number of carbonyl (C=O) groups is 1. The molecule has 0 saturated heterocycles. The number of nitrogens with zero attached hydrogens (tertiary/aromatic N) is 1. The van der Waals surface area contributed by atoms with Crippen LogP contribution in [0.5, 0.6) is 0 Å². The Hall–Kier alpha value is -0.710. The molecule has 13 heavy (non-hydrogen) atoms. The molecule has 0 aromatic rings. The van der Waals surface area contributed by atoms with Crippen molar-refractivity contribution in [1.29, 1.82) is 0 Å². The van der Waals surface area contributed by atoms with Crippen LogP contribution in [0.25, 0.3) is 0 Å². The Morgan fingerprint density at radius 3 is 3.23 bits per heavy atom. The first-order chi connectivity index (χ1) is 6.33. The first-order valence-corrected chi connectivity index (χ1v) is 5.38. The average Bonchev–Trinajstić information content (AvgIpc) is 2.57. The maximum atomic E-state index is 10.9. The van der Waals surface area contributed by atoms with Gasteiger partial charge in [-0.05, 0) is 6.92 Å². The van der Waals surface area contributed by atoms with Gasteiger partial charge in [0.1, 0.15) is 0 Å². The second-order valence-electron chi connectivity index (χ2n) is 2.52. The molecule has 5 heteroatoms. The lowest BCUT2D eigenvalue weighted by molar-refractivity contribution is -0.142. The van der Waals surface area contributed by atoms with Crippen LogP contribution < -0.4 is 5.32 Å². The molecule has 0 radical (unpaired) electrons. The van der Waals surface area contributed by atoms with E-state index in [0.717, 1.165) is 17.5 Å². The predicted molar refractivity (Wildman–Crippen MR) is 54.0 cm³/mol. The Kier molecular flexibility index (Phi) is 4.67. The topological polar surface area (TPSA) is 50.7 Å². The van der Waals surface area contributed by atoms with E-state index in [1.807, 2.05) is 6.92 Å². The molecule has 1 heterocycles. The van der Waals surface area contributed by atoms with Crippen molar-refractivity contribution in [3.05, 3.63) is 0 Å². The van der Waals surface area contributed by atoms with Crippen LogP contribution in [0.15, 0.2) is 4.99 Å². The van der Waals surface area contributed by atoms with E-state index in [0.29, 0.717) is 19.6 Å². The van der Waals surface area contributed by atoms with Crippen molar-refractivity contribution in [2.75, 3.05) is 25.4 Å². The van der Waals surface area contributed by atoms with Gasteiger partial charge in [-0.25, -0.2) is 0 Å². The predicted octanol–water partition coefficient (Wildman–Crippen LogP) is 0.632. The third kappa shape index (κ3) is 4.17. The van der Waals surface area contributed by atoms with E-state index in [1.54, 1.807) is 11.8 Å². The van der Waals surface area contributed by atoms with E-state index in [1.165, 1.54) is 0 Å². The molecule has 0 aromatic heterocycles. The van der Waals surface area contributed by atoms with Gasteiger partial charge >= 0.3 is 5.97 Å². The van der Waals surface area contributed by atoms with Gasteiger partial charge in [-0.15, -0.1) is 0 Å². The quantitative estimate of drug-likeness (QED) is 0.679. The Morgan fingerprint density at radius 2 is 2.62 bits per heavy atom. The van der Waals surface area contributed by atoms with E-state index >= 15 is 0 Å². The molecule has 0 aromatic carbocycles. The number of hydrogen-bond acceptors (Lipinski definition) is 5. The zero-order chi connectivity index (χ0) is 9.52. The molecule has 0 spiro atoms. The van der Waals surface area contributed by atoms with Gasteiger partial charge in [0.2, 0.25) is 0 Å². The van der Waals surface area contributed by atoms with E-state index in [4.69, 9.17) is 4.74 Å². The fraction of sp³-hybridized carbons (Fsp3) is 0.750. The largest absolute Gasteiger partial charge is 0.466 e. The maximum Gasteiger partial charge on any atom is 0.307 e. The van der Waals surface area contributed by atoms with Crippen LogP contribution in [0.2, 0.25) is 0 Å². The summed E-state index contributed by atoms with van der Waals surface area (Å²) in [6.07, 6.45) is 0.410. The first-order valence-electron chi connectivity index (χ1n) is 4.39. The molecule has 0 fully saturated rings. The SMILES string of the molecule is CCOC(=O)CCNC1=NCCS1. The number of hydrogen-bond donors (Lipinski definition) is 1. The summed E-state index contributed by atoms with van der Waals surface area (Å²) in [7, 11) is 0. The second-order valence-corrected chi connectivity index (χ2v) is 3.60. The normalized spacial score (nSPS) is 15.3. The van der Waals surface area contributed by atoms with Gasteiger partial charge in [0.25, 0.3) is 0 Å². The van der Waals surface area contributed by atoms with Gasteiger partial charge in [0, 0.05) is 12.3 Å². The summed E-state index contributed by atoms with van der Waals surface area (Å²) in [6, 6.07) is 0. The summed E-state index contributed by atoms with van der Waals surface area (Å²) in [4.78, 5) is 15.1. The molecular formula is C8H14N2O2S. The number of nitrogens with one attached hydrogen (secondary N) is 1. The minimum atomic E-state index is -0.154. The van der Waals surface area contributed by atoms with Gasteiger partial charge in [0.15, 0.2) is 5.17 Å². The molecule has 74 valence electrons. The van der Waals surface area contributed by atoms with Crippen molar-refractivity contribution in [2.24, 2.45) is 4.99 Å². The fourth-order valence-electron chi connectivity index (χ4n) is 0.947. The zero-order valence-corrected chi connectivity index (χ0v) is 8.52. The molecule has 0 aliphatic carbocycles.